The minimum absolute atomic E-state index is 0.114. The Labute approximate surface area is 174 Å². The first-order valence-electron chi connectivity index (χ1n) is 9.75. The minimum Gasteiger partial charge on any atom is -0.468 e. The summed E-state index contributed by atoms with van der Waals surface area (Å²) in [7, 11) is 1.86. The molecule has 0 aliphatic rings. The number of pyridine rings is 2. The molecule has 3 heterocycles. The van der Waals surface area contributed by atoms with E-state index < -0.39 is 0 Å². The van der Waals surface area contributed by atoms with Crippen molar-refractivity contribution in [3.05, 3.63) is 72.1 Å². The average Bonchev–Trinajstić information content (AvgIpc) is 3.10. The van der Waals surface area contributed by atoms with Crippen molar-refractivity contribution in [3.63, 3.8) is 0 Å². The van der Waals surface area contributed by atoms with Crippen LogP contribution < -0.4 is 10.1 Å². The van der Waals surface area contributed by atoms with E-state index in [1.54, 1.807) is 17.1 Å². The number of nitrogens with one attached hydrogen (secondary N) is 1. The molecule has 0 spiro atoms. The molecule has 4 rings (SSSR count). The van der Waals surface area contributed by atoms with Gasteiger partial charge in [-0.25, -0.2) is 4.68 Å². The fourth-order valence-corrected chi connectivity index (χ4v) is 3.43. The standard InChI is InChI=1S/C23H23N5O2/c1-15-13-20(30-14-19(29)25-16(2)17-9-11-24-12-10-17)26-23-21(15)22(27-28(23)3)18-7-5-4-6-8-18/h4-13,16H,14H2,1-3H3,(H,25,29). The summed E-state index contributed by atoms with van der Waals surface area (Å²) in [5.74, 6) is 0.183. The van der Waals surface area contributed by atoms with Crippen LogP contribution in [-0.4, -0.2) is 32.3 Å². The maximum Gasteiger partial charge on any atom is 0.258 e. The van der Waals surface area contributed by atoms with Crippen molar-refractivity contribution in [2.45, 2.75) is 19.9 Å². The number of carbonyl (C=O) groups is 1. The van der Waals surface area contributed by atoms with Crippen molar-refractivity contribution < 1.29 is 9.53 Å². The molecule has 7 nitrogen and oxygen atoms in total. The summed E-state index contributed by atoms with van der Waals surface area (Å²) in [5, 5.41) is 8.54. The molecule has 152 valence electrons. The summed E-state index contributed by atoms with van der Waals surface area (Å²) in [5.41, 5.74) is 4.61. The molecule has 0 saturated heterocycles. The number of amides is 1. The molecular weight excluding hydrogens is 378 g/mol. The molecule has 1 amide bonds. The maximum atomic E-state index is 12.3. The van der Waals surface area contributed by atoms with Crippen LogP contribution in [0.5, 0.6) is 5.88 Å². The lowest BCUT2D eigenvalue weighted by atomic mass is 10.1. The summed E-state index contributed by atoms with van der Waals surface area (Å²) in [6.07, 6.45) is 3.40. The molecule has 0 saturated carbocycles. The van der Waals surface area contributed by atoms with Gasteiger partial charge in [-0.2, -0.15) is 10.1 Å². The third-order valence-corrected chi connectivity index (χ3v) is 4.95. The number of fused-ring (bicyclic) bond motifs is 1. The van der Waals surface area contributed by atoms with Gasteiger partial charge in [-0.15, -0.1) is 0 Å². The summed E-state index contributed by atoms with van der Waals surface area (Å²) >= 11 is 0. The van der Waals surface area contributed by atoms with Gasteiger partial charge in [0.15, 0.2) is 12.3 Å². The van der Waals surface area contributed by atoms with Crippen molar-refractivity contribution in [3.8, 4) is 17.1 Å². The highest BCUT2D eigenvalue weighted by Gasteiger charge is 2.17. The number of aromatic nitrogens is 4. The molecule has 30 heavy (non-hydrogen) atoms. The number of benzene rings is 1. The minimum atomic E-state index is -0.214. The summed E-state index contributed by atoms with van der Waals surface area (Å²) in [4.78, 5) is 20.9. The predicted molar refractivity (Wildman–Crippen MR) is 115 cm³/mol. The first-order valence-corrected chi connectivity index (χ1v) is 9.75. The number of hydrogen-bond acceptors (Lipinski definition) is 5. The molecular formula is C23H23N5O2. The number of aryl methyl sites for hydroxylation is 2. The van der Waals surface area contributed by atoms with Crippen LogP contribution in [0.25, 0.3) is 22.3 Å². The van der Waals surface area contributed by atoms with E-state index in [-0.39, 0.29) is 18.6 Å². The third-order valence-electron chi connectivity index (χ3n) is 4.95. The van der Waals surface area contributed by atoms with Crippen molar-refractivity contribution >= 4 is 16.9 Å². The van der Waals surface area contributed by atoms with E-state index in [1.807, 2.05) is 69.4 Å². The Bertz CT molecular complexity index is 1170. The molecule has 7 heteroatoms. The molecule has 1 aromatic carbocycles. The Morgan fingerprint density at radius 2 is 1.90 bits per heavy atom. The first kappa shape index (κ1) is 19.6. The predicted octanol–water partition coefficient (Wildman–Crippen LogP) is 3.59. The molecule has 1 N–H and O–H groups in total. The molecule has 4 aromatic rings. The highest BCUT2D eigenvalue weighted by atomic mass is 16.5. The quantitative estimate of drug-likeness (QED) is 0.534. The zero-order valence-electron chi connectivity index (χ0n) is 17.2. The molecule has 1 atom stereocenters. The van der Waals surface area contributed by atoms with Gasteiger partial charge in [-0.05, 0) is 37.1 Å². The number of hydrogen-bond donors (Lipinski definition) is 1. The van der Waals surface area contributed by atoms with E-state index in [2.05, 4.69) is 20.4 Å². The Morgan fingerprint density at radius 3 is 2.63 bits per heavy atom. The van der Waals surface area contributed by atoms with Crippen molar-refractivity contribution in [1.82, 2.24) is 25.1 Å². The zero-order chi connectivity index (χ0) is 21.1. The number of ether oxygens (including phenoxy) is 1. The topological polar surface area (TPSA) is 81.9 Å². The third kappa shape index (κ3) is 4.00. The van der Waals surface area contributed by atoms with Crippen LogP contribution in [0, 0.1) is 6.92 Å². The van der Waals surface area contributed by atoms with Gasteiger partial charge in [0.1, 0.15) is 5.69 Å². The Hall–Kier alpha value is -3.74. The van der Waals surface area contributed by atoms with Crippen LogP contribution in [0.4, 0.5) is 0 Å². The Kier molecular flexibility index (Phi) is 5.43. The van der Waals surface area contributed by atoms with Crippen LogP contribution in [-0.2, 0) is 11.8 Å². The van der Waals surface area contributed by atoms with Gasteiger partial charge in [0.2, 0.25) is 5.88 Å². The van der Waals surface area contributed by atoms with E-state index in [0.29, 0.717) is 5.88 Å². The summed E-state index contributed by atoms with van der Waals surface area (Å²) < 4.78 is 7.43. The molecule has 0 aliphatic carbocycles. The van der Waals surface area contributed by atoms with Gasteiger partial charge in [-0.1, -0.05) is 30.3 Å². The van der Waals surface area contributed by atoms with Crippen LogP contribution in [0.15, 0.2) is 60.9 Å². The second kappa shape index (κ2) is 8.32. The highest BCUT2D eigenvalue weighted by Crippen LogP contribution is 2.31. The SMILES string of the molecule is Cc1cc(OCC(=O)NC(C)c2ccncc2)nc2c1c(-c1ccccc1)nn2C. The smallest absolute Gasteiger partial charge is 0.258 e. The van der Waals surface area contributed by atoms with Gasteiger partial charge in [0.05, 0.1) is 11.4 Å². The zero-order valence-corrected chi connectivity index (χ0v) is 17.2. The highest BCUT2D eigenvalue weighted by molar-refractivity contribution is 5.94. The molecule has 3 aromatic heterocycles. The molecule has 1 unspecified atom stereocenters. The van der Waals surface area contributed by atoms with Gasteiger partial charge in [-0.3, -0.25) is 9.78 Å². The van der Waals surface area contributed by atoms with Crippen molar-refractivity contribution in [2.75, 3.05) is 6.61 Å². The second-order valence-corrected chi connectivity index (χ2v) is 7.17. The molecule has 0 fully saturated rings. The van der Waals surface area contributed by atoms with Crippen LogP contribution in [0.2, 0.25) is 0 Å². The Balaban J connectivity index is 1.50. The normalized spacial score (nSPS) is 12.0. The van der Waals surface area contributed by atoms with Gasteiger partial charge in [0, 0.05) is 31.1 Å². The average molecular weight is 401 g/mol. The molecule has 0 radical (unpaired) electrons. The number of nitrogens with zero attached hydrogens (tertiary/aromatic N) is 4. The Morgan fingerprint density at radius 1 is 1.17 bits per heavy atom. The van der Waals surface area contributed by atoms with E-state index in [1.165, 1.54) is 0 Å². The lowest BCUT2D eigenvalue weighted by Gasteiger charge is -2.14. The van der Waals surface area contributed by atoms with E-state index >= 15 is 0 Å². The van der Waals surface area contributed by atoms with E-state index in [0.717, 1.165) is 33.4 Å². The van der Waals surface area contributed by atoms with Crippen LogP contribution in [0.3, 0.4) is 0 Å². The van der Waals surface area contributed by atoms with Gasteiger partial charge in [0.25, 0.3) is 5.91 Å². The van der Waals surface area contributed by atoms with Gasteiger partial charge >= 0.3 is 0 Å². The summed E-state index contributed by atoms with van der Waals surface area (Å²) in [6.45, 7) is 3.80. The van der Waals surface area contributed by atoms with E-state index in [9.17, 15) is 4.79 Å². The largest absolute Gasteiger partial charge is 0.468 e. The van der Waals surface area contributed by atoms with Crippen molar-refractivity contribution in [2.24, 2.45) is 7.05 Å². The lowest BCUT2D eigenvalue weighted by Crippen LogP contribution is -2.31. The number of rotatable bonds is 6. The molecule has 0 aliphatic heterocycles. The van der Waals surface area contributed by atoms with Crippen molar-refractivity contribution in [1.29, 1.82) is 0 Å². The summed E-state index contributed by atoms with van der Waals surface area (Å²) in [6, 6.07) is 15.5. The van der Waals surface area contributed by atoms with E-state index in [4.69, 9.17) is 4.74 Å². The lowest BCUT2D eigenvalue weighted by molar-refractivity contribution is -0.123. The van der Waals surface area contributed by atoms with Crippen LogP contribution in [0.1, 0.15) is 24.1 Å². The second-order valence-electron chi connectivity index (χ2n) is 7.17. The fourth-order valence-electron chi connectivity index (χ4n) is 3.43. The molecule has 0 bridgehead atoms. The van der Waals surface area contributed by atoms with Crippen LogP contribution >= 0.6 is 0 Å². The monoisotopic (exact) mass is 401 g/mol. The first-order chi connectivity index (χ1) is 14.5. The number of carbonyl (C=O) groups excluding carboxylic acids is 1. The maximum absolute atomic E-state index is 12.3. The van der Waals surface area contributed by atoms with Gasteiger partial charge < -0.3 is 10.1 Å². The fraction of sp³-hybridized carbons (Fsp3) is 0.217.